The highest BCUT2D eigenvalue weighted by atomic mass is 19.4. The molecule has 11 heteroatoms. The molecule has 8 nitrogen and oxygen atoms in total. The van der Waals surface area contributed by atoms with Gasteiger partial charge in [-0.15, -0.1) is 0 Å². The zero-order valence-corrected chi connectivity index (χ0v) is 24.4. The topological polar surface area (TPSA) is 93.6 Å². The monoisotopic (exact) mass is 603 g/mol. The van der Waals surface area contributed by atoms with E-state index in [0.717, 1.165) is 22.9 Å². The molecule has 0 aliphatic carbocycles. The van der Waals surface area contributed by atoms with E-state index in [9.17, 15) is 33.0 Å². The summed E-state index contributed by atoms with van der Waals surface area (Å²) in [5, 5.41) is 18.9. The van der Waals surface area contributed by atoms with Crippen molar-refractivity contribution in [2.45, 2.75) is 43.7 Å². The number of hydrogen-bond acceptors (Lipinski definition) is 6. The predicted octanol–water partition coefficient (Wildman–Crippen LogP) is 4.43. The van der Waals surface area contributed by atoms with Crippen LogP contribution in [-0.2, 0) is 15.8 Å². The summed E-state index contributed by atoms with van der Waals surface area (Å²) in [5.41, 5.74) is 1.70. The number of amides is 1. The maximum atomic E-state index is 13.9. The summed E-state index contributed by atoms with van der Waals surface area (Å²) >= 11 is 0. The van der Waals surface area contributed by atoms with E-state index in [2.05, 4.69) is 4.90 Å². The highest BCUT2D eigenvalue weighted by Crippen LogP contribution is 2.41. The molecule has 0 aromatic heterocycles. The van der Waals surface area contributed by atoms with Crippen LogP contribution < -0.4 is 9.64 Å². The van der Waals surface area contributed by atoms with Gasteiger partial charge >= 0.3 is 12.1 Å². The normalized spacial score (nSPS) is 22.6. The number of ether oxygens (including phenoxy) is 1. The molecule has 1 amide bonds. The van der Waals surface area contributed by atoms with Crippen molar-refractivity contribution in [3.8, 4) is 5.75 Å². The van der Waals surface area contributed by atoms with Crippen LogP contribution in [-0.4, -0.2) is 91.4 Å². The summed E-state index contributed by atoms with van der Waals surface area (Å²) in [4.78, 5) is 31.2. The van der Waals surface area contributed by atoms with Crippen molar-refractivity contribution >= 4 is 17.6 Å². The molecule has 0 spiro atoms. The van der Waals surface area contributed by atoms with Crippen LogP contribution in [0.2, 0.25) is 0 Å². The van der Waals surface area contributed by atoms with Crippen LogP contribution in [0.4, 0.5) is 18.9 Å². The maximum absolute atomic E-state index is 13.9. The minimum atomic E-state index is -4.48. The van der Waals surface area contributed by atoms with E-state index in [1.54, 1.807) is 13.2 Å². The molecule has 234 valence electrons. The molecular formula is C32H40F3N3O5. The Hall–Kier alpha value is -3.31. The van der Waals surface area contributed by atoms with Crippen molar-refractivity contribution in [3.05, 3.63) is 59.2 Å². The third-order valence-electron chi connectivity index (χ3n) is 9.46. The van der Waals surface area contributed by atoms with Crippen LogP contribution >= 0.6 is 0 Å². The van der Waals surface area contributed by atoms with Gasteiger partial charge in [-0.05, 0) is 67.0 Å². The number of hydrogen-bond donors (Lipinski definition) is 2. The van der Waals surface area contributed by atoms with Crippen LogP contribution in [0.15, 0.2) is 42.5 Å². The molecule has 0 saturated carbocycles. The van der Waals surface area contributed by atoms with Crippen LogP contribution in [0, 0.1) is 11.8 Å². The Morgan fingerprint density at radius 3 is 2.21 bits per heavy atom. The molecule has 43 heavy (non-hydrogen) atoms. The predicted molar refractivity (Wildman–Crippen MR) is 155 cm³/mol. The third kappa shape index (κ3) is 6.93. The molecule has 2 N–H and O–H groups in total. The van der Waals surface area contributed by atoms with Gasteiger partial charge in [-0.25, -0.2) is 0 Å². The number of likely N-dealkylation sites (tertiary alicyclic amines) is 2. The summed E-state index contributed by atoms with van der Waals surface area (Å²) in [6.45, 7) is 3.55. The highest BCUT2D eigenvalue weighted by Gasteiger charge is 2.41. The largest absolute Gasteiger partial charge is 0.497 e. The molecule has 2 aromatic rings. The molecular weight excluding hydrogens is 563 g/mol. The van der Waals surface area contributed by atoms with Crippen LogP contribution in [0.25, 0.3) is 0 Å². The van der Waals surface area contributed by atoms with Crippen molar-refractivity contribution in [3.63, 3.8) is 0 Å². The first kappa shape index (κ1) is 31.1. The van der Waals surface area contributed by atoms with Crippen molar-refractivity contribution in [1.29, 1.82) is 0 Å². The Bertz CT molecular complexity index is 1270. The molecule has 0 unspecified atom stereocenters. The number of β-amino-alcohol motifs (C(OH)–C–C–N with tert-alkyl or cyclic N) is 1. The zero-order valence-electron chi connectivity index (χ0n) is 24.4. The van der Waals surface area contributed by atoms with Crippen LogP contribution in [0.5, 0.6) is 5.75 Å². The molecule has 0 radical (unpaired) electrons. The van der Waals surface area contributed by atoms with E-state index in [4.69, 9.17) is 4.74 Å². The number of alkyl halides is 3. The van der Waals surface area contributed by atoms with E-state index in [-0.39, 0.29) is 30.3 Å². The van der Waals surface area contributed by atoms with Gasteiger partial charge in [0.1, 0.15) is 5.75 Å². The second kappa shape index (κ2) is 13.1. The number of carbonyl (C=O) groups is 2. The molecule has 3 fully saturated rings. The van der Waals surface area contributed by atoms with Crippen molar-refractivity contribution in [1.82, 2.24) is 9.80 Å². The molecule has 2 aromatic carbocycles. The van der Waals surface area contributed by atoms with E-state index < -0.39 is 23.6 Å². The number of methoxy groups -OCH3 is 1. The lowest BCUT2D eigenvalue weighted by molar-refractivity contribution is -0.142. The molecule has 0 bridgehead atoms. The van der Waals surface area contributed by atoms with Crippen LogP contribution in [0.3, 0.4) is 0 Å². The average molecular weight is 604 g/mol. The van der Waals surface area contributed by atoms with Gasteiger partial charge < -0.3 is 24.7 Å². The number of nitrogens with zero attached hydrogens (tertiary/aromatic N) is 3. The van der Waals surface area contributed by atoms with Gasteiger partial charge in [-0.1, -0.05) is 18.2 Å². The Labute approximate surface area is 250 Å². The lowest BCUT2D eigenvalue weighted by Crippen LogP contribution is -2.43. The second-order valence-corrected chi connectivity index (χ2v) is 11.9. The summed E-state index contributed by atoms with van der Waals surface area (Å²) in [7, 11) is 1.61. The Morgan fingerprint density at radius 1 is 0.953 bits per heavy atom. The first-order valence-electron chi connectivity index (χ1n) is 15.0. The number of piperidine rings is 2. The minimum Gasteiger partial charge on any atom is -0.497 e. The Kier molecular flexibility index (Phi) is 9.51. The number of carboxylic acids is 1. The molecule has 3 heterocycles. The van der Waals surface area contributed by atoms with Crippen molar-refractivity contribution in [2.24, 2.45) is 11.8 Å². The summed E-state index contributed by atoms with van der Waals surface area (Å²) in [5.74, 6) is -0.810. The lowest BCUT2D eigenvalue weighted by Gasteiger charge is -2.38. The van der Waals surface area contributed by atoms with E-state index in [0.29, 0.717) is 77.2 Å². The van der Waals surface area contributed by atoms with E-state index >= 15 is 0 Å². The number of halogens is 3. The first-order chi connectivity index (χ1) is 20.6. The zero-order chi connectivity index (χ0) is 30.7. The summed E-state index contributed by atoms with van der Waals surface area (Å²) in [6.07, 6.45) is -2.43. The third-order valence-corrected chi connectivity index (χ3v) is 9.46. The fraction of sp³-hybridized carbons (Fsp3) is 0.562. The van der Waals surface area contributed by atoms with Gasteiger partial charge in [-0.2, -0.15) is 13.2 Å². The SMILES string of the molecule is COc1ccc([C@@H]2CN(CCO)C[C@H]2C(=O)N2CCC(c3ccc(C(F)(F)F)cc3N3CCC(C(=O)O)CC3)CC2)cc1. The Balaban J connectivity index is 1.30. The molecule has 2 atom stereocenters. The number of aliphatic hydroxyl groups excluding tert-OH is 1. The maximum Gasteiger partial charge on any atom is 0.416 e. The molecule has 3 aliphatic rings. The number of aliphatic hydroxyl groups is 1. The first-order valence-corrected chi connectivity index (χ1v) is 15.0. The van der Waals surface area contributed by atoms with Gasteiger partial charge in [0, 0.05) is 57.4 Å². The number of benzene rings is 2. The quantitative estimate of drug-likeness (QED) is 0.461. The van der Waals surface area contributed by atoms with Crippen LogP contribution in [0.1, 0.15) is 54.2 Å². The highest BCUT2D eigenvalue weighted by molar-refractivity contribution is 5.81. The van der Waals surface area contributed by atoms with Crippen molar-refractivity contribution in [2.75, 3.05) is 64.4 Å². The second-order valence-electron chi connectivity index (χ2n) is 11.9. The average Bonchev–Trinajstić information content (AvgIpc) is 3.44. The van der Waals surface area contributed by atoms with Gasteiger partial charge in [0.2, 0.25) is 5.91 Å². The minimum absolute atomic E-state index is 0.00891. The number of anilines is 1. The lowest BCUT2D eigenvalue weighted by atomic mass is 9.84. The van der Waals surface area contributed by atoms with Gasteiger partial charge in [0.05, 0.1) is 31.1 Å². The molecule has 5 rings (SSSR count). The number of carboxylic acid groups (broad SMARTS) is 1. The fourth-order valence-electron chi connectivity index (χ4n) is 7.00. The fourth-order valence-corrected chi connectivity index (χ4v) is 7.00. The number of rotatable bonds is 8. The molecule has 3 aliphatic heterocycles. The summed E-state index contributed by atoms with van der Waals surface area (Å²) in [6, 6.07) is 11.7. The van der Waals surface area contributed by atoms with Gasteiger partial charge in [0.15, 0.2) is 0 Å². The standard InChI is InChI=1S/C32H40F3N3O5/c1-43-25-5-2-21(3-6-25)27-19-36(16-17-39)20-28(27)30(40)38-14-8-22(9-15-38)26-7-4-24(32(33,34)35)18-29(26)37-12-10-23(11-13-37)31(41)42/h2-7,18,22-23,27-28,39H,8-17,19-20H2,1H3,(H,41,42)/t27-,28+/m0/s1. The smallest absolute Gasteiger partial charge is 0.416 e. The number of carbonyl (C=O) groups excluding carboxylic acids is 1. The van der Waals surface area contributed by atoms with E-state index in [1.807, 2.05) is 34.1 Å². The number of aliphatic carboxylic acids is 1. The molecule has 3 saturated heterocycles. The van der Waals surface area contributed by atoms with E-state index in [1.165, 1.54) is 6.07 Å². The van der Waals surface area contributed by atoms with Gasteiger partial charge in [-0.3, -0.25) is 14.5 Å². The van der Waals surface area contributed by atoms with Gasteiger partial charge in [0.25, 0.3) is 0 Å². The summed E-state index contributed by atoms with van der Waals surface area (Å²) < 4.78 is 46.3. The van der Waals surface area contributed by atoms with Crippen molar-refractivity contribution < 1.29 is 37.7 Å². The Morgan fingerprint density at radius 2 is 1.63 bits per heavy atom.